The monoisotopic (exact) mass is 472 g/mol. The molecule has 1 amide bonds. The molecule has 7 nitrogen and oxygen atoms in total. The Hall–Kier alpha value is -3.63. The number of carbonyl (C=O) groups is 1. The molecule has 5 rings (SSSR count). The SMILES string of the molecule is Cc1ccc(-c2ncc(F)cn2)c(C(=O)N2C[C@@H]3C[C@@H](Nc4ccc(C(F)(F)F)cn4)[C@@H]2C3)n1. The van der Waals surface area contributed by atoms with Gasteiger partial charge in [-0.2, -0.15) is 13.2 Å². The van der Waals surface area contributed by atoms with Crippen molar-refractivity contribution in [2.24, 2.45) is 5.92 Å². The minimum Gasteiger partial charge on any atom is -0.365 e. The number of aromatic nitrogens is 4. The van der Waals surface area contributed by atoms with Gasteiger partial charge >= 0.3 is 6.18 Å². The van der Waals surface area contributed by atoms with Crippen molar-refractivity contribution in [1.82, 2.24) is 24.8 Å². The van der Waals surface area contributed by atoms with Crippen LogP contribution >= 0.6 is 0 Å². The van der Waals surface area contributed by atoms with Crippen LogP contribution in [0, 0.1) is 18.7 Å². The van der Waals surface area contributed by atoms with E-state index in [9.17, 15) is 22.4 Å². The summed E-state index contributed by atoms with van der Waals surface area (Å²) in [7, 11) is 0. The second kappa shape index (κ2) is 8.30. The Kier molecular flexibility index (Phi) is 5.41. The third kappa shape index (κ3) is 4.17. The average Bonchev–Trinajstić information content (AvgIpc) is 3.40. The number of pyridine rings is 2. The highest BCUT2D eigenvalue weighted by molar-refractivity contribution is 5.98. The van der Waals surface area contributed by atoms with Gasteiger partial charge in [0.25, 0.3) is 5.91 Å². The lowest BCUT2D eigenvalue weighted by Gasteiger charge is -2.34. The Bertz CT molecular complexity index is 1220. The van der Waals surface area contributed by atoms with Gasteiger partial charge < -0.3 is 10.2 Å². The van der Waals surface area contributed by atoms with Gasteiger partial charge in [-0.1, -0.05) is 0 Å². The van der Waals surface area contributed by atoms with E-state index in [1.54, 1.807) is 24.0 Å². The summed E-state index contributed by atoms with van der Waals surface area (Å²) in [6.45, 7) is 2.32. The molecule has 3 aromatic heterocycles. The molecule has 1 saturated carbocycles. The molecule has 1 saturated heterocycles. The first-order valence-electron chi connectivity index (χ1n) is 10.8. The number of aryl methyl sites for hydroxylation is 1. The minimum atomic E-state index is -4.45. The standard InChI is InChI=1S/C23H20F4N6O/c1-12-2-4-16(21-29-9-15(24)10-30-21)20(31-12)22(34)33-11-13-6-17(18(33)7-13)32-19-5-3-14(8-28-19)23(25,26)27/h2-5,8-10,13,17-18H,6-7,11H2,1H3,(H,28,32)/t13-,17-,18+/m1/s1. The number of alkyl halides is 3. The van der Waals surface area contributed by atoms with Crippen LogP contribution in [0.4, 0.5) is 23.4 Å². The highest BCUT2D eigenvalue weighted by Crippen LogP contribution is 2.40. The van der Waals surface area contributed by atoms with E-state index in [0.717, 1.165) is 37.5 Å². The van der Waals surface area contributed by atoms with E-state index in [4.69, 9.17) is 0 Å². The second-order valence-corrected chi connectivity index (χ2v) is 8.62. The lowest BCUT2D eigenvalue weighted by molar-refractivity contribution is -0.137. The van der Waals surface area contributed by atoms with Crippen LogP contribution in [-0.2, 0) is 6.18 Å². The van der Waals surface area contributed by atoms with Crippen LogP contribution in [0.25, 0.3) is 11.4 Å². The van der Waals surface area contributed by atoms with Crippen molar-refractivity contribution in [2.75, 3.05) is 11.9 Å². The summed E-state index contributed by atoms with van der Waals surface area (Å²) in [6, 6.07) is 5.40. The molecule has 1 aliphatic heterocycles. The lowest BCUT2D eigenvalue weighted by atomic mass is 10.0. The van der Waals surface area contributed by atoms with E-state index in [-0.39, 0.29) is 35.4 Å². The summed E-state index contributed by atoms with van der Waals surface area (Å²) in [4.78, 5) is 31.6. The first-order chi connectivity index (χ1) is 16.2. The number of anilines is 1. The Balaban J connectivity index is 1.38. The zero-order valence-corrected chi connectivity index (χ0v) is 18.1. The molecule has 0 radical (unpaired) electrons. The molecular weight excluding hydrogens is 452 g/mol. The number of rotatable bonds is 4. The maximum atomic E-state index is 13.6. The van der Waals surface area contributed by atoms with Crippen LogP contribution in [0.3, 0.4) is 0 Å². The fraction of sp³-hybridized carbons (Fsp3) is 0.348. The van der Waals surface area contributed by atoms with Gasteiger partial charge in [0.2, 0.25) is 0 Å². The van der Waals surface area contributed by atoms with E-state index in [2.05, 4.69) is 25.3 Å². The summed E-state index contributed by atoms with van der Waals surface area (Å²) in [5.74, 6) is -0.0844. The second-order valence-electron chi connectivity index (χ2n) is 8.62. The number of piperidine rings is 1. The highest BCUT2D eigenvalue weighted by Gasteiger charge is 2.47. The smallest absolute Gasteiger partial charge is 0.365 e. The Morgan fingerprint density at radius 1 is 1.06 bits per heavy atom. The van der Waals surface area contributed by atoms with Crippen molar-refractivity contribution >= 4 is 11.7 Å². The number of fused-ring (bicyclic) bond motifs is 2. The fourth-order valence-electron chi connectivity index (χ4n) is 4.74. The molecule has 34 heavy (non-hydrogen) atoms. The molecular formula is C23H20F4N6O. The van der Waals surface area contributed by atoms with Crippen LogP contribution in [0.1, 0.15) is 34.6 Å². The molecule has 3 atom stereocenters. The van der Waals surface area contributed by atoms with E-state index >= 15 is 0 Å². The molecule has 0 aromatic carbocycles. The number of nitrogens with zero attached hydrogens (tertiary/aromatic N) is 5. The van der Waals surface area contributed by atoms with E-state index < -0.39 is 17.6 Å². The van der Waals surface area contributed by atoms with Crippen LogP contribution in [-0.4, -0.2) is 49.4 Å². The van der Waals surface area contributed by atoms with Crippen molar-refractivity contribution in [3.8, 4) is 11.4 Å². The van der Waals surface area contributed by atoms with Gasteiger partial charge in [-0.3, -0.25) is 4.79 Å². The molecule has 3 aromatic rings. The van der Waals surface area contributed by atoms with Gasteiger partial charge in [0.05, 0.1) is 29.6 Å². The average molecular weight is 472 g/mol. The molecule has 0 spiro atoms. The van der Waals surface area contributed by atoms with Gasteiger partial charge in [-0.15, -0.1) is 0 Å². The van der Waals surface area contributed by atoms with Gasteiger partial charge in [-0.25, -0.2) is 24.3 Å². The first kappa shape index (κ1) is 22.2. The van der Waals surface area contributed by atoms with Crippen molar-refractivity contribution in [3.05, 3.63) is 65.6 Å². The minimum absolute atomic E-state index is 0.151. The molecule has 4 heterocycles. The molecule has 2 aliphatic rings. The summed E-state index contributed by atoms with van der Waals surface area (Å²) < 4.78 is 51.7. The largest absolute Gasteiger partial charge is 0.417 e. The fourth-order valence-corrected chi connectivity index (χ4v) is 4.74. The van der Waals surface area contributed by atoms with Crippen molar-refractivity contribution in [3.63, 3.8) is 0 Å². The molecule has 0 unspecified atom stereocenters. The first-order valence-corrected chi connectivity index (χ1v) is 10.8. The molecule has 1 N–H and O–H groups in total. The maximum absolute atomic E-state index is 13.6. The van der Waals surface area contributed by atoms with Crippen molar-refractivity contribution < 1.29 is 22.4 Å². The summed E-state index contributed by atoms with van der Waals surface area (Å²) in [5, 5.41) is 3.19. The highest BCUT2D eigenvalue weighted by atomic mass is 19.4. The van der Waals surface area contributed by atoms with E-state index in [0.29, 0.717) is 23.6 Å². The molecule has 2 fully saturated rings. The van der Waals surface area contributed by atoms with Gasteiger partial charge in [0.1, 0.15) is 11.5 Å². The summed E-state index contributed by atoms with van der Waals surface area (Å²) >= 11 is 0. The van der Waals surface area contributed by atoms with Crippen molar-refractivity contribution in [1.29, 1.82) is 0 Å². The van der Waals surface area contributed by atoms with E-state index in [1.807, 2.05) is 0 Å². The van der Waals surface area contributed by atoms with Gasteiger partial charge in [0, 0.05) is 24.5 Å². The molecule has 176 valence electrons. The lowest BCUT2D eigenvalue weighted by Crippen LogP contribution is -2.48. The summed E-state index contributed by atoms with van der Waals surface area (Å²) in [6.07, 6.45) is -0.0286. The van der Waals surface area contributed by atoms with Crippen LogP contribution in [0.2, 0.25) is 0 Å². The van der Waals surface area contributed by atoms with Gasteiger partial charge in [0.15, 0.2) is 11.6 Å². The van der Waals surface area contributed by atoms with Crippen LogP contribution in [0.15, 0.2) is 42.9 Å². The Morgan fingerprint density at radius 3 is 2.47 bits per heavy atom. The molecule has 11 heteroatoms. The van der Waals surface area contributed by atoms with Crippen LogP contribution < -0.4 is 5.32 Å². The predicted molar refractivity (Wildman–Crippen MR) is 114 cm³/mol. The number of hydrogen-bond donors (Lipinski definition) is 1. The molecule has 2 bridgehead atoms. The molecule has 1 aliphatic carbocycles. The van der Waals surface area contributed by atoms with Gasteiger partial charge in [-0.05, 0) is 49.9 Å². The number of likely N-dealkylation sites (tertiary alicyclic amines) is 1. The zero-order valence-electron chi connectivity index (χ0n) is 18.1. The normalized spacial score (nSPS) is 21.7. The van der Waals surface area contributed by atoms with Crippen LogP contribution in [0.5, 0.6) is 0 Å². The number of amides is 1. The third-order valence-corrected chi connectivity index (χ3v) is 6.27. The predicted octanol–water partition coefficient (Wildman–Crippen LogP) is 4.12. The Labute approximate surface area is 192 Å². The topological polar surface area (TPSA) is 83.9 Å². The Morgan fingerprint density at radius 2 is 1.82 bits per heavy atom. The number of nitrogens with one attached hydrogen (secondary N) is 1. The summed E-state index contributed by atoms with van der Waals surface area (Å²) in [5.41, 5.74) is 0.420. The van der Waals surface area contributed by atoms with Crippen molar-refractivity contribution in [2.45, 2.75) is 38.0 Å². The van der Waals surface area contributed by atoms with E-state index in [1.165, 1.54) is 6.07 Å². The zero-order chi connectivity index (χ0) is 24.0. The number of carbonyl (C=O) groups excluding carboxylic acids is 1. The third-order valence-electron chi connectivity index (χ3n) is 6.27. The quantitative estimate of drug-likeness (QED) is 0.576. The number of halogens is 4. The maximum Gasteiger partial charge on any atom is 0.417 e. The number of hydrogen-bond acceptors (Lipinski definition) is 6.